The molecule has 5 nitrogen and oxygen atoms in total. The third kappa shape index (κ3) is 2.15. The molecule has 0 aromatic heterocycles. The number of amides is 3. The van der Waals surface area contributed by atoms with Gasteiger partial charge in [-0.1, -0.05) is 6.07 Å². The zero-order chi connectivity index (χ0) is 13.3. The predicted molar refractivity (Wildman–Crippen MR) is 67.0 cm³/mol. The van der Waals surface area contributed by atoms with Crippen LogP contribution < -0.4 is 10.2 Å². The lowest BCUT2D eigenvalue weighted by molar-refractivity contribution is -0.120. The van der Waals surface area contributed by atoms with Gasteiger partial charge in [0.1, 0.15) is 0 Å². The Hall–Kier alpha value is -2.43. The molecule has 0 fully saturated rings. The highest BCUT2D eigenvalue weighted by atomic mass is 16.2. The number of benzene rings is 1. The van der Waals surface area contributed by atoms with E-state index in [0.29, 0.717) is 16.9 Å². The first-order valence-corrected chi connectivity index (χ1v) is 5.43. The average Bonchev–Trinajstić information content (AvgIpc) is 2.52. The van der Waals surface area contributed by atoms with Gasteiger partial charge in [-0.25, -0.2) is 4.90 Å². The molecule has 0 spiro atoms. The molecule has 92 valence electrons. The average molecular weight is 244 g/mol. The summed E-state index contributed by atoms with van der Waals surface area (Å²) in [5, 5.41) is 2.60. The molecule has 1 aromatic rings. The quantitative estimate of drug-likeness (QED) is 0.801. The second-order valence-corrected chi connectivity index (χ2v) is 4.04. The molecule has 3 amide bonds. The van der Waals surface area contributed by atoms with Gasteiger partial charge in [-0.2, -0.15) is 0 Å². The molecular formula is C13H12N2O3. The van der Waals surface area contributed by atoms with Gasteiger partial charge < -0.3 is 5.32 Å². The molecule has 18 heavy (non-hydrogen) atoms. The van der Waals surface area contributed by atoms with Crippen molar-refractivity contribution in [2.24, 2.45) is 0 Å². The molecule has 0 radical (unpaired) electrons. The van der Waals surface area contributed by atoms with Crippen molar-refractivity contribution in [3.05, 3.63) is 35.9 Å². The third-order valence-electron chi connectivity index (χ3n) is 2.53. The van der Waals surface area contributed by atoms with Crippen LogP contribution in [-0.4, -0.2) is 17.7 Å². The Balaban J connectivity index is 2.32. The van der Waals surface area contributed by atoms with Gasteiger partial charge in [0.05, 0.1) is 5.69 Å². The largest absolute Gasteiger partial charge is 0.326 e. The Bertz CT molecular complexity index is 575. The summed E-state index contributed by atoms with van der Waals surface area (Å²) in [6.07, 6.45) is 1.30. The minimum Gasteiger partial charge on any atom is -0.326 e. The summed E-state index contributed by atoms with van der Waals surface area (Å²) in [5.41, 5.74) is 1.40. The van der Waals surface area contributed by atoms with E-state index < -0.39 is 0 Å². The number of nitrogens with zero attached hydrogens (tertiary/aromatic N) is 1. The number of anilines is 2. The van der Waals surface area contributed by atoms with E-state index in [1.807, 2.05) is 0 Å². The van der Waals surface area contributed by atoms with E-state index in [4.69, 9.17) is 0 Å². The van der Waals surface area contributed by atoms with Crippen LogP contribution in [0.15, 0.2) is 35.9 Å². The van der Waals surface area contributed by atoms with E-state index >= 15 is 0 Å². The fraction of sp³-hybridized carbons (Fsp3) is 0.154. The fourth-order valence-corrected chi connectivity index (χ4v) is 1.76. The summed E-state index contributed by atoms with van der Waals surface area (Å²) in [5.74, 6) is -0.905. The van der Waals surface area contributed by atoms with Gasteiger partial charge in [-0.15, -0.1) is 0 Å². The Morgan fingerprint density at radius 1 is 1.28 bits per heavy atom. The highest BCUT2D eigenvalue weighted by molar-refractivity contribution is 6.30. The van der Waals surface area contributed by atoms with Crippen LogP contribution in [0.3, 0.4) is 0 Å². The lowest BCUT2D eigenvalue weighted by atomic mass is 10.2. The molecule has 1 heterocycles. The topological polar surface area (TPSA) is 66.5 Å². The standard InChI is InChI=1S/C13H12N2O3/c1-8-6-12(17)15(13(8)18)11-5-3-4-10(7-11)14-9(2)16/h3-7H,1-2H3,(H,14,16). The van der Waals surface area contributed by atoms with E-state index in [0.717, 1.165) is 4.90 Å². The van der Waals surface area contributed by atoms with Crippen molar-refractivity contribution in [1.29, 1.82) is 0 Å². The fourth-order valence-electron chi connectivity index (χ4n) is 1.76. The summed E-state index contributed by atoms with van der Waals surface area (Å²) in [4.78, 5) is 35.5. The van der Waals surface area contributed by atoms with E-state index in [-0.39, 0.29) is 17.7 Å². The predicted octanol–water partition coefficient (Wildman–Crippen LogP) is 1.46. The van der Waals surface area contributed by atoms with Crippen LogP contribution in [0, 0.1) is 0 Å². The zero-order valence-corrected chi connectivity index (χ0v) is 10.1. The molecule has 0 saturated heterocycles. The molecule has 1 aliphatic rings. The van der Waals surface area contributed by atoms with Crippen molar-refractivity contribution < 1.29 is 14.4 Å². The van der Waals surface area contributed by atoms with Crippen LogP contribution in [0.2, 0.25) is 0 Å². The van der Waals surface area contributed by atoms with Gasteiger partial charge in [0.15, 0.2) is 0 Å². The van der Waals surface area contributed by atoms with Crippen LogP contribution in [-0.2, 0) is 14.4 Å². The molecule has 0 bridgehead atoms. The summed E-state index contributed by atoms with van der Waals surface area (Å²) >= 11 is 0. The van der Waals surface area contributed by atoms with Gasteiger partial charge in [-0.3, -0.25) is 14.4 Å². The first-order chi connectivity index (χ1) is 8.49. The minimum absolute atomic E-state index is 0.208. The third-order valence-corrected chi connectivity index (χ3v) is 2.53. The normalized spacial score (nSPS) is 14.8. The summed E-state index contributed by atoms with van der Waals surface area (Å²) < 4.78 is 0. The van der Waals surface area contributed by atoms with E-state index in [1.165, 1.54) is 13.0 Å². The number of rotatable bonds is 2. The molecule has 2 rings (SSSR count). The first kappa shape index (κ1) is 12.0. The minimum atomic E-state index is -0.363. The summed E-state index contributed by atoms with van der Waals surface area (Å²) in [6, 6.07) is 6.60. The summed E-state index contributed by atoms with van der Waals surface area (Å²) in [7, 11) is 0. The molecule has 0 saturated carbocycles. The Morgan fingerprint density at radius 3 is 2.56 bits per heavy atom. The maximum absolute atomic E-state index is 11.8. The van der Waals surface area contributed by atoms with Crippen molar-refractivity contribution in [3.63, 3.8) is 0 Å². The smallest absolute Gasteiger partial charge is 0.261 e. The SMILES string of the molecule is CC(=O)Nc1cccc(N2C(=O)C=C(C)C2=O)c1. The molecule has 0 aliphatic carbocycles. The van der Waals surface area contributed by atoms with Gasteiger partial charge >= 0.3 is 0 Å². The van der Waals surface area contributed by atoms with Gasteiger partial charge in [0.25, 0.3) is 11.8 Å². The molecule has 0 unspecified atom stereocenters. The monoisotopic (exact) mass is 244 g/mol. The van der Waals surface area contributed by atoms with Gasteiger partial charge in [0.2, 0.25) is 5.91 Å². The molecule has 1 aromatic carbocycles. The number of nitrogens with one attached hydrogen (secondary N) is 1. The van der Waals surface area contributed by atoms with Crippen molar-refractivity contribution >= 4 is 29.1 Å². The van der Waals surface area contributed by atoms with Crippen LogP contribution in [0.5, 0.6) is 0 Å². The van der Waals surface area contributed by atoms with Gasteiger partial charge in [0, 0.05) is 24.3 Å². The second-order valence-electron chi connectivity index (χ2n) is 4.04. The zero-order valence-electron chi connectivity index (χ0n) is 10.1. The second kappa shape index (κ2) is 4.44. The Labute approximate surface area is 104 Å². The van der Waals surface area contributed by atoms with E-state index in [9.17, 15) is 14.4 Å². The van der Waals surface area contributed by atoms with Gasteiger partial charge in [-0.05, 0) is 25.1 Å². The number of carbonyl (C=O) groups excluding carboxylic acids is 3. The molecular weight excluding hydrogens is 232 g/mol. The molecule has 1 aliphatic heterocycles. The van der Waals surface area contributed by atoms with Crippen molar-refractivity contribution in [3.8, 4) is 0 Å². The molecule has 1 N–H and O–H groups in total. The van der Waals surface area contributed by atoms with Crippen LogP contribution in [0.25, 0.3) is 0 Å². The number of hydrogen-bond donors (Lipinski definition) is 1. The Kier molecular flexibility index (Phi) is 2.97. The maximum Gasteiger partial charge on any atom is 0.261 e. The lowest BCUT2D eigenvalue weighted by Crippen LogP contribution is -2.30. The van der Waals surface area contributed by atoms with Crippen molar-refractivity contribution in [2.75, 3.05) is 10.2 Å². The molecule has 5 heteroatoms. The first-order valence-electron chi connectivity index (χ1n) is 5.43. The van der Waals surface area contributed by atoms with E-state index in [1.54, 1.807) is 31.2 Å². The van der Waals surface area contributed by atoms with E-state index in [2.05, 4.69) is 5.32 Å². The lowest BCUT2D eigenvalue weighted by Gasteiger charge is -2.15. The number of carbonyl (C=O) groups is 3. The molecule has 0 atom stereocenters. The number of imide groups is 1. The Morgan fingerprint density at radius 2 is 2.00 bits per heavy atom. The highest BCUT2D eigenvalue weighted by Gasteiger charge is 2.29. The van der Waals surface area contributed by atoms with Crippen molar-refractivity contribution in [1.82, 2.24) is 0 Å². The maximum atomic E-state index is 11.8. The van der Waals surface area contributed by atoms with Crippen molar-refractivity contribution in [2.45, 2.75) is 13.8 Å². The summed E-state index contributed by atoms with van der Waals surface area (Å²) in [6.45, 7) is 2.99. The van der Waals surface area contributed by atoms with Crippen LogP contribution >= 0.6 is 0 Å². The number of hydrogen-bond acceptors (Lipinski definition) is 3. The van der Waals surface area contributed by atoms with Crippen LogP contribution in [0.4, 0.5) is 11.4 Å². The highest BCUT2D eigenvalue weighted by Crippen LogP contribution is 2.24. The van der Waals surface area contributed by atoms with Crippen LogP contribution in [0.1, 0.15) is 13.8 Å².